The zero-order chi connectivity index (χ0) is 21.3. The smallest absolute Gasteiger partial charge is 0.128 e. The number of benzene rings is 2. The summed E-state index contributed by atoms with van der Waals surface area (Å²) >= 11 is 0. The van der Waals surface area contributed by atoms with Gasteiger partial charge in [0.25, 0.3) is 0 Å². The zero-order valence-electron chi connectivity index (χ0n) is 18.8. The summed E-state index contributed by atoms with van der Waals surface area (Å²) < 4.78 is 5.97. The van der Waals surface area contributed by atoms with E-state index in [1.165, 1.54) is 42.0 Å². The van der Waals surface area contributed by atoms with Crippen molar-refractivity contribution >= 4 is 16.6 Å². The molecular formula is C27H35N3O. The Bertz CT molecular complexity index is 936. The number of pyridine rings is 1. The molecule has 1 saturated heterocycles. The summed E-state index contributed by atoms with van der Waals surface area (Å²) in [6.45, 7) is 8.27. The van der Waals surface area contributed by atoms with Crippen molar-refractivity contribution < 1.29 is 4.74 Å². The Labute approximate surface area is 186 Å². The molecule has 1 aliphatic rings. The third-order valence-electron chi connectivity index (χ3n) is 6.14. The number of aromatic nitrogens is 1. The summed E-state index contributed by atoms with van der Waals surface area (Å²) in [6.07, 6.45) is 8.22. The first-order valence-electron chi connectivity index (χ1n) is 11.9. The van der Waals surface area contributed by atoms with Gasteiger partial charge in [0, 0.05) is 38.9 Å². The third-order valence-corrected chi connectivity index (χ3v) is 6.14. The minimum absolute atomic E-state index is 0.817. The summed E-state index contributed by atoms with van der Waals surface area (Å²) in [5.41, 5.74) is 1.38. The number of ether oxygens (including phenoxy) is 1. The van der Waals surface area contributed by atoms with E-state index >= 15 is 0 Å². The van der Waals surface area contributed by atoms with Crippen molar-refractivity contribution in [1.82, 2.24) is 9.88 Å². The SMILES string of the molecule is CCCCCCCOc1ccc2cc(CN3CCN(c4ccccn4)CC3)ccc2c1. The molecule has 0 bridgehead atoms. The van der Waals surface area contributed by atoms with Crippen molar-refractivity contribution in [3.05, 3.63) is 66.4 Å². The Morgan fingerprint density at radius 3 is 2.45 bits per heavy atom. The zero-order valence-corrected chi connectivity index (χ0v) is 18.8. The molecule has 0 radical (unpaired) electrons. The van der Waals surface area contributed by atoms with Crippen LogP contribution in [0.2, 0.25) is 0 Å². The van der Waals surface area contributed by atoms with Crippen molar-refractivity contribution in [3.8, 4) is 5.75 Å². The fraction of sp³-hybridized carbons (Fsp3) is 0.444. The van der Waals surface area contributed by atoms with Crippen molar-refractivity contribution in [2.24, 2.45) is 0 Å². The highest BCUT2D eigenvalue weighted by Crippen LogP contribution is 2.23. The van der Waals surface area contributed by atoms with Crippen LogP contribution in [0.15, 0.2) is 60.8 Å². The van der Waals surface area contributed by atoms with Gasteiger partial charge in [0.05, 0.1) is 6.61 Å². The van der Waals surface area contributed by atoms with Crippen LogP contribution < -0.4 is 9.64 Å². The van der Waals surface area contributed by atoms with Crippen LogP contribution in [0.4, 0.5) is 5.82 Å². The van der Waals surface area contributed by atoms with E-state index in [4.69, 9.17) is 4.74 Å². The van der Waals surface area contributed by atoms with Gasteiger partial charge in [0.15, 0.2) is 0 Å². The first-order chi connectivity index (χ1) is 15.3. The lowest BCUT2D eigenvalue weighted by molar-refractivity contribution is 0.249. The Kier molecular flexibility index (Phi) is 7.78. The number of anilines is 1. The van der Waals surface area contributed by atoms with Gasteiger partial charge in [0.1, 0.15) is 11.6 Å². The summed E-state index contributed by atoms with van der Waals surface area (Å²) in [6, 6.07) is 19.5. The first kappa shape index (κ1) is 21.6. The molecule has 0 amide bonds. The van der Waals surface area contributed by atoms with Crippen LogP contribution in [0.1, 0.15) is 44.6 Å². The van der Waals surface area contributed by atoms with E-state index < -0.39 is 0 Å². The van der Waals surface area contributed by atoms with Crippen LogP contribution >= 0.6 is 0 Å². The number of nitrogens with zero attached hydrogens (tertiary/aromatic N) is 3. The molecule has 0 atom stereocenters. The maximum atomic E-state index is 5.97. The molecule has 4 heteroatoms. The number of hydrogen-bond acceptors (Lipinski definition) is 4. The monoisotopic (exact) mass is 417 g/mol. The molecule has 0 unspecified atom stereocenters. The Balaban J connectivity index is 1.27. The molecule has 3 aromatic rings. The van der Waals surface area contributed by atoms with Crippen molar-refractivity contribution in [3.63, 3.8) is 0 Å². The van der Waals surface area contributed by atoms with E-state index in [-0.39, 0.29) is 0 Å². The fourth-order valence-electron chi connectivity index (χ4n) is 4.29. The predicted molar refractivity (Wildman–Crippen MR) is 130 cm³/mol. The van der Waals surface area contributed by atoms with E-state index in [2.05, 4.69) is 70.2 Å². The van der Waals surface area contributed by atoms with Crippen LogP contribution in [0.3, 0.4) is 0 Å². The quantitative estimate of drug-likeness (QED) is 0.384. The largest absolute Gasteiger partial charge is 0.494 e. The van der Waals surface area contributed by atoms with E-state index in [0.717, 1.165) is 57.3 Å². The number of rotatable bonds is 10. The summed E-state index contributed by atoms with van der Waals surface area (Å²) in [5, 5.41) is 2.55. The van der Waals surface area contributed by atoms with Crippen LogP contribution in [0.25, 0.3) is 10.8 Å². The van der Waals surface area contributed by atoms with Gasteiger partial charge in [-0.25, -0.2) is 4.98 Å². The van der Waals surface area contributed by atoms with Crippen LogP contribution in [0.5, 0.6) is 5.75 Å². The molecule has 2 aromatic carbocycles. The molecule has 164 valence electrons. The molecule has 0 aliphatic carbocycles. The Morgan fingerprint density at radius 1 is 0.839 bits per heavy atom. The molecule has 1 aromatic heterocycles. The van der Waals surface area contributed by atoms with Gasteiger partial charge in [-0.05, 0) is 53.1 Å². The molecular weight excluding hydrogens is 382 g/mol. The average molecular weight is 418 g/mol. The maximum absolute atomic E-state index is 5.97. The van der Waals surface area contributed by atoms with E-state index in [1.54, 1.807) is 0 Å². The average Bonchev–Trinajstić information content (AvgIpc) is 2.82. The lowest BCUT2D eigenvalue weighted by Gasteiger charge is -2.35. The first-order valence-corrected chi connectivity index (χ1v) is 11.9. The Morgan fingerprint density at radius 2 is 1.65 bits per heavy atom. The van der Waals surface area contributed by atoms with Crippen molar-refractivity contribution in [2.45, 2.75) is 45.6 Å². The van der Waals surface area contributed by atoms with Gasteiger partial charge < -0.3 is 9.64 Å². The third kappa shape index (κ3) is 6.20. The molecule has 0 N–H and O–H groups in total. The van der Waals surface area contributed by atoms with Crippen LogP contribution in [-0.4, -0.2) is 42.7 Å². The van der Waals surface area contributed by atoms with Crippen LogP contribution in [0, 0.1) is 0 Å². The van der Waals surface area contributed by atoms with E-state index in [1.807, 2.05) is 12.3 Å². The Hall–Kier alpha value is -2.59. The van der Waals surface area contributed by atoms with Gasteiger partial charge >= 0.3 is 0 Å². The molecule has 1 aliphatic heterocycles. The maximum Gasteiger partial charge on any atom is 0.128 e. The highest BCUT2D eigenvalue weighted by Gasteiger charge is 2.18. The summed E-state index contributed by atoms with van der Waals surface area (Å²) in [4.78, 5) is 9.40. The van der Waals surface area contributed by atoms with Crippen molar-refractivity contribution in [2.75, 3.05) is 37.7 Å². The molecule has 2 heterocycles. The normalized spacial score (nSPS) is 14.8. The van der Waals surface area contributed by atoms with Crippen molar-refractivity contribution in [1.29, 1.82) is 0 Å². The summed E-state index contributed by atoms with van der Waals surface area (Å²) in [5.74, 6) is 2.08. The lowest BCUT2D eigenvalue weighted by atomic mass is 10.1. The highest BCUT2D eigenvalue weighted by molar-refractivity contribution is 5.84. The fourth-order valence-corrected chi connectivity index (χ4v) is 4.29. The number of unbranched alkanes of at least 4 members (excludes halogenated alkanes) is 4. The lowest BCUT2D eigenvalue weighted by Crippen LogP contribution is -2.46. The minimum Gasteiger partial charge on any atom is -0.494 e. The number of hydrogen-bond donors (Lipinski definition) is 0. The number of piperazine rings is 1. The molecule has 31 heavy (non-hydrogen) atoms. The second-order valence-corrected chi connectivity index (χ2v) is 8.56. The van der Waals surface area contributed by atoms with E-state index in [9.17, 15) is 0 Å². The molecule has 0 saturated carbocycles. The predicted octanol–water partition coefficient (Wildman–Crippen LogP) is 5.91. The van der Waals surface area contributed by atoms with Crippen LogP contribution in [-0.2, 0) is 6.54 Å². The summed E-state index contributed by atoms with van der Waals surface area (Å²) in [7, 11) is 0. The molecule has 4 nitrogen and oxygen atoms in total. The molecule has 0 spiro atoms. The second kappa shape index (κ2) is 11.1. The van der Waals surface area contributed by atoms with Gasteiger partial charge in [-0.3, -0.25) is 4.90 Å². The van der Waals surface area contributed by atoms with Gasteiger partial charge in [0.2, 0.25) is 0 Å². The standard InChI is InChI=1S/C27H35N3O/c1-2-3-4-5-8-19-31-26-13-12-24-20-23(10-11-25(24)21-26)22-29-15-17-30(18-16-29)27-9-6-7-14-28-27/h6-7,9-14,20-21H,2-5,8,15-19,22H2,1H3. The van der Waals surface area contributed by atoms with Gasteiger partial charge in [-0.1, -0.05) is 56.9 Å². The minimum atomic E-state index is 0.817. The molecule has 4 rings (SSSR count). The number of fused-ring (bicyclic) bond motifs is 1. The van der Waals surface area contributed by atoms with Gasteiger partial charge in [-0.2, -0.15) is 0 Å². The van der Waals surface area contributed by atoms with E-state index in [0.29, 0.717) is 0 Å². The topological polar surface area (TPSA) is 28.6 Å². The second-order valence-electron chi connectivity index (χ2n) is 8.56. The van der Waals surface area contributed by atoms with Gasteiger partial charge in [-0.15, -0.1) is 0 Å². The highest BCUT2D eigenvalue weighted by atomic mass is 16.5. The molecule has 1 fully saturated rings.